The molecule has 1 aromatic carbocycles. The van der Waals surface area contributed by atoms with Crippen molar-refractivity contribution in [2.45, 2.75) is 20.5 Å². The van der Waals surface area contributed by atoms with E-state index >= 15 is 0 Å². The number of nitrogens with zero attached hydrogens (tertiary/aromatic N) is 1. The van der Waals surface area contributed by atoms with E-state index in [0.717, 1.165) is 17.3 Å². The van der Waals surface area contributed by atoms with Crippen LogP contribution in [0.1, 0.15) is 16.7 Å². The zero-order valence-electron chi connectivity index (χ0n) is 10.3. The molecule has 0 radical (unpaired) electrons. The fourth-order valence-corrected chi connectivity index (χ4v) is 1.61. The summed E-state index contributed by atoms with van der Waals surface area (Å²) >= 11 is 0. The fourth-order valence-electron chi connectivity index (χ4n) is 1.61. The summed E-state index contributed by atoms with van der Waals surface area (Å²) in [4.78, 5) is 3.86. The Morgan fingerprint density at radius 2 is 2.11 bits per heavy atom. The van der Waals surface area contributed by atoms with Gasteiger partial charge in [-0.3, -0.25) is 0 Å². The molecule has 0 fully saturated rings. The third kappa shape index (κ3) is 2.49. The number of aliphatic hydroxyl groups excluding tert-OH is 1. The van der Waals surface area contributed by atoms with E-state index < -0.39 is 5.82 Å². The van der Waals surface area contributed by atoms with E-state index in [1.165, 1.54) is 6.07 Å². The average molecular weight is 247 g/mol. The molecule has 2 aromatic rings. The first kappa shape index (κ1) is 12.5. The molecule has 0 bridgehead atoms. The van der Waals surface area contributed by atoms with E-state index in [2.05, 4.69) is 4.98 Å². The van der Waals surface area contributed by atoms with Crippen LogP contribution in [0.5, 0.6) is 11.6 Å². The maximum Gasteiger partial charge on any atom is 0.224 e. The first-order chi connectivity index (χ1) is 8.61. The number of aryl methyl sites for hydroxylation is 1. The first-order valence-corrected chi connectivity index (χ1v) is 5.61. The van der Waals surface area contributed by atoms with Crippen LogP contribution in [-0.2, 0) is 6.61 Å². The van der Waals surface area contributed by atoms with E-state index in [9.17, 15) is 4.39 Å². The molecule has 3 nitrogen and oxygen atoms in total. The van der Waals surface area contributed by atoms with Gasteiger partial charge in [0.1, 0.15) is 11.6 Å². The average Bonchev–Trinajstić information content (AvgIpc) is 2.37. The highest BCUT2D eigenvalue weighted by atomic mass is 19.1. The second kappa shape index (κ2) is 5.14. The SMILES string of the molecule is Cc1cccc(Oc2ncc(F)cc2CO)c1C. The minimum atomic E-state index is -0.493. The molecule has 0 unspecified atom stereocenters. The lowest BCUT2D eigenvalue weighted by Gasteiger charge is -2.11. The lowest BCUT2D eigenvalue weighted by Crippen LogP contribution is -1.98. The standard InChI is InChI=1S/C14H14FNO2/c1-9-4-3-5-13(10(9)2)18-14-11(8-17)6-12(15)7-16-14/h3-7,17H,8H2,1-2H3. The quantitative estimate of drug-likeness (QED) is 0.906. The monoisotopic (exact) mass is 247 g/mol. The highest BCUT2D eigenvalue weighted by Gasteiger charge is 2.09. The second-order valence-electron chi connectivity index (χ2n) is 4.08. The molecule has 0 atom stereocenters. The Morgan fingerprint density at radius 3 is 2.83 bits per heavy atom. The molecule has 1 heterocycles. The predicted molar refractivity (Wildman–Crippen MR) is 66.1 cm³/mol. The zero-order chi connectivity index (χ0) is 13.1. The summed E-state index contributed by atoms with van der Waals surface area (Å²) in [7, 11) is 0. The molecule has 1 N–H and O–H groups in total. The number of pyridine rings is 1. The summed E-state index contributed by atoms with van der Waals surface area (Å²) in [6, 6.07) is 6.88. The molecule has 2 rings (SSSR count). The van der Waals surface area contributed by atoms with E-state index in [0.29, 0.717) is 11.3 Å². The number of hydrogen-bond acceptors (Lipinski definition) is 3. The summed E-state index contributed by atoms with van der Waals surface area (Å²) in [6.07, 6.45) is 1.07. The fraction of sp³-hybridized carbons (Fsp3) is 0.214. The first-order valence-electron chi connectivity index (χ1n) is 5.61. The molecule has 0 saturated heterocycles. The topological polar surface area (TPSA) is 42.4 Å². The van der Waals surface area contributed by atoms with Gasteiger partial charge in [0, 0.05) is 5.56 Å². The number of rotatable bonds is 3. The number of benzene rings is 1. The Hall–Kier alpha value is -1.94. The number of halogens is 1. The predicted octanol–water partition coefficient (Wildman–Crippen LogP) is 3.12. The van der Waals surface area contributed by atoms with Gasteiger partial charge in [-0.15, -0.1) is 0 Å². The summed E-state index contributed by atoms with van der Waals surface area (Å²) in [5.74, 6) is 0.392. The van der Waals surface area contributed by atoms with Crippen LogP contribution >= 0.6 is 0 Å². The van der Waals surface area contributed by atoms with Gasteiger partial charge in [0.05, 0.1) is 12.8 Å². The summed E-state index contributed by atoms with van der Waals surface area (Å²) < 4.78 is 18.6. The molecule has 0 aliphatic carbocycles. The Balaban J connectivity index is 2.37. The van der Waals surface area contributed by atoms with Gasteiger partial charge in [-0.05, 0) is 37.1 Å². The maximum atomic E-state index is 13.0. The van der Waals surface area contributed by atoms with Crippen molar-refractivity contribution in [3.05, 3.63) is 53.0 Å². The highest BCUT2D eigenvalue weighted by molar-refractivity contribution is 5.41. The molecule has 0 saturated carbocycles. The highest BCUT2D eigenvalue weighted by Crippen LogP contribution is 2.28. The van der Waals surface area contributed by atoms with Gasteiger partial charge in [-0.25, -0.2) is 9.37 Å². The van der Waals surface area contributed by atoms with E-state index in [-0.39, 0.29) is 12.5 Å². The summed E-state index contributed by atoms with van der Waals surface area (Å²) in [5, 5.41) is 9.16. The van der Waals surface area contributed by atoms with Crippen LogP contribution in [-0.4, -0.2) is 10.1 Å². The number of aliphatic hydroxyl groups is 1. The molecule has 0 spiro atoms. The van der Waals surface area contributed by atoms with Crippen LogP contribution in [0.4, 0.5) is 4.39 Å². The molecule has 94 valence electrons. The molecule has 1 aromatic heterocycles. The minimum Gasteiger partial charge on any atom is -0.438 e. The molecular formula is C14H14FNO2. The van der Waals surface area contributed by atoms with Gasteiger partial charge in [0.25, 0.3) is 0 Å². The van der Waals surface area contributed by atoms with Crippen molar-refractivity contribution >= 4 is 0 Å². The summed E-state index contributed by atoms with van der Waals surface area (Å²) in [5.41, 5.74) is 2.42. The zero-order valence-corrected chi connectivity index (χ0v) is 10.3. The van der Waals surface area contributed by atoms with Crippen LogP contribution in [0.3, 0.4) is 0 Å². The van der Waals surface area contributed by atoms with Crippen LogP contribution < -0.4 is 4.74 Å². The Bertz CT molecular complexity index is 570. The number of hydrogen-bond donors (Lipinski definition) is 1. The number of ether oxygens (including phenoxy) is 1. The maximum absolute atomic E-state index is 13.0. The van der Waals surface area contributed by atoms with Crippen molar-refractivity contribution < 1.29 is 14.2 Å². The normalized spacial score (nSPS) is 10.4. The van der Waals surface area contributed by atoms with E-state index in [1.807, 2.05) is 32.0 Å². The molecular weight excluding hydrogens is 233 g/mol. The third-order valence-corrected chi connectivity index (χ3v) is 2.82. The van der Waals surface area contributed by atoms with Crippen LogP contribution in [0.2, 0.25) is 0 Å². The van der Waals surface area contributed by atoms with Gasteiger partial charge in [0.15, 0.2) is 0 Å². The molecule has 18 heavy (non-hydrogen) atoms. The van der Waals surface area contributed by atoms with Crippen molar-refractivity contribution in [3.8, 4) is 11.6 Å². The molecule has 0 aliphatic heterocycles. The Kier molecular flexibility index (Phi) is 3.58. The molecule has 4 heteroatoms. The molecule has 0 aliphatic rings. The smallest absolute Gasteiger partial charge is 0.224 e. The lowest BCUT2D eigenvalue weighted by molar-refractivity contribution is 0.274. The van der Waals surface area contributed by atoms with Crippen LogP contribution in [0.15, 0.2) is 30.5 Å². The van der Waals surface area contributed by atoms with Crippen LogP contribution in [0, 0.1) is 19.7 Å². The number of aromatic nitrogens is 1. The molecule has 0 amide bonds. The second-order valence-corrected chi connectivity index (χ2v) is 4.08. The van der Waals surface area contributed by atoms with Gasteiger partial charge in [0.2, 0.25) is 5.88 Å². The van der Waals surface area contributed by atoms with Crippen LogP contribution in [0.25, 0.3) is 0 Å². The summed E-state index contributed by atoms with van der Waals surface area (Å²) in [6.45, 7) is 3.60. The van der Waals surface area contributed by atoms with Crippen molar-refractivity contribution in [1.82, 2.24) is 4.98 Å². The van der Waals surface area contributed by atoms with Gasteiger partial charge in [-0.1, -0.05) is 12.1 Å². The third-order valence-electron chi connectivity index (χ3n) is 2.82. The van der Waals surface area contributed by atoms with E-state index in [1.54, 1.807) is 0 Å². The Morgan fingerprint density at radius 1 is 1.33 bits per heavy atom. The van der Waals surface area contributed by atoms with Crippen molar-refractivity contribution in [2.75, 3.05) is 0 Å². The largest absolute Gasteiger partial charge is 0.438 e. The van der Waals surface area contributed by atoms with Crippen molar-refractivity contribution in [1.29, 1.82) is 0 Å². The lowest BCUT2D eigenvalue weighted by atomic mass is 10.1. The Labute approximate surface area is 105 Å². The van der Waals surface area contributed by atoms with E-state index in [4.69, 9.17) is 9.84 Å². The van der Waals surface area contributed by atoms with Gasteiger partial charge < -0.3 is 9.84 Å². The van der Waals surface area contributed by atoms with Gasteiger partial charge in [-0.2, -0.15) is 0 Å². The van der Waals surface area contributed by atoms with Crippen molar-refractivity contribution in [2.24, 2.45) is 0 Å². The minimum absolute atomic E-state index is 0.229. The van der Waals surface area contributed by atoms with Gasteiger partial charge >= 0.3 is 0 Å². The van der Waals surface area contributed by atoms with Crippen molar-refractivity contribution in [3.63, 3.8) is 0 Å².